The molecule has 6 nitrogen and oxygen atoms in total. The van der Waals surface area contributed by atoms with Crippen molar-refractivity contribution in [1.82, 2.24) is 5.32 Å². The Hall–Kier alpha value is -1.89. The van der Waals surface area contributed by atoms with Crippen LogP contribution in [0, 0.1) is 5.92 Å². The number of nitrogens with one attached hydrogen (secondary N) is 1. The first-order valence-corrected chi connectivity index (χ1v) is 8.71. The van der Waals surface area contributed by atoms with E-state index in [2.05, 4.69) is 5.32 Å². The largest absolute Gasteiger partial charge is 0.481 e. The van der Waals surface area contributed by atoms with Gasteiger partial charge >= 0.3 is 5.97 Å². The number of hydrogen-bond acceptors (Lipinski definition) is 4. The van der Waals surface area contributed by atoms with Crippen molar-refractivity contribution >= 4 is 21.7 Å². The van der Waals surface area contributed by atoms with Crippen LogP contribution in [0.2, 0.25) is 0 Å². The van der Waals surface area contributed by atoms with Crippen LogP contribution in [0.4, 0.5) is 0 Å². The molecule has 0 aliphatic rings. The number of carbonyl (C=O) groups excluding carboxylic acids is 1. The van der Waals surface area contributed by atoms with E-state index in [0.717, 1.165) is 0 Å². The summed E-state index contributed by atoms with van der Waals surface area (Å²) in [4.78, 5) is 23.2. The normalized spacial score (nSPS) is 14.1. The predicted molar refractivity (Wildman–Crippen MR) is 82.5 cm³/mol. The number of carbonyl (C=O) groups is 2. The third-order valence-electron chi connectivity index (χ3n) is 3.44. The molecule has 2 atom stereocenters. The van der Waals surface area contributed by atoms with Crippen molar-refractivity contribution in [3.63, 3.8) is 0 Å². The van der Waals surface area contributed by atoms with Crippen molar-refractivity contribution in [2.75, 3.05) is 5.75 Å². The molecule has 1 rings (SSSR count). The van der Waals surface area contributed by atoms with Gasteiger partial charge in [-0.05, 0) is 32.4 Å². The number of rotatable bonds is 7. The molecule has 122 valence electrons. The van der Waals surface area contributed by atoms with Gasteiger partial charge in [0.1, 0.15) is 0 Å². The Labute approximate surface area is 130 Å². The third kappa shape index (κ3) is 4.30. The molecular formula is C15H21NO5S. The molecule has 1 aromatic carbocycles. The number of carboxylic acids is 1. The van der Waals surface area contributed by atoms with Gasteiger partial charge in [0, 0.05) is 6.04 Å². The Balaban J connectivity index is 3.08. The predicted octanol–water partition coefficient (Wildman–Crippen LogP) is 1.71. The van der Waals surface area contributed by atoms with Crippen LogP contribution in [-0.2, 0) is 14.6 Å². The maximum absolute atomic E-state index is 12.3. The van der Waals surface area contributed by atoms with E-state index in [9.17, 15) is 18.0 Å². The second-order valence-electron chi connectivity index (χ2n) is 5.20. The first-order valence-electron chi connectivity index (χ1n) is 7.06. The maximum Gasteiger partial charge on any atom is 0.308 e. The lowest BCUT2D eigenvalue weighted by Gasteiger charge is -2.18. The van der Waals surface area contributed by atoms with Gasteiger partial charge in [0.15, 0.2) is 9.84 Å². The Morgan fingerprint density at radius 1 is 1.23 bits per heavy atom. The zero-order valence-corrected chi connectivity index (χ0v) is 13.7. The number of carboxylic acid groups (broad SMARTS) is 1. The molecule has 0 radical (unpaired) electrons. The van der Waals surface area contributed by atoms with E-state index in [-0.39, 0.29) is 16.2 Å². The average molecular weight is 327 g/mol. The zero-order chi connectivity index (χ0) is 16.9. The van der Waals surface area contributed by atoms with E-state index in [1.165, 1.54) is 19.1 Å². The molecule has 0 aliphatic carbocycles. The summed E-state index contributed by atoms with van der Waals surface area (Å²) >= 11 is 0. The smallest absolute Gasteiger partial charge is 0.308 e. The molecule has 0 aromatic heterocycles. The van der Waals surface area contributed by atoms with Gasteiger partial charge in [0.05, 0.1) is 22.1 Å². The molecule has 0 saturated heterocycles. The van der Waals surface area contributed by atoms with Gasteiger partial charge in [0.2, 0.25) is 0 Å². The molecule has 0 heterocycles. The van der Waals surface area contributed by atoms with E-state index in [4.69, 9.17) is 5.11 Å². The molecule has 2 unspecified atom stereocenters. The second-order valence-corrected chi connectivity index (χ2v) is 7.28. The summed E-state index contributed by atoms with van der Waals surface area (Å²) < 4.78 is 24.4. The van der Waals surface area contributed by atoms with Gasteiger partial charge in [-0.1, -0.05) is 19.1 Å². The van der Waals surface area contributed by atoms with Gasteiger partial charge in [0.25, 0.3) is 5.91 Å². The van der Waals surface area contributed by atoms with E-state index >= 15 is 0 Å². The molecular weight excluding hydrogens is 306 g/mol. The summed E-state index contributed by atoms with van der Waals surface area (Å²) in [5, 5.41) is 11.5. The van der Waals surface area contributed by atoms with Crippen LogP contribution in [0.15, 0.2) is 29.2 Å². The standard InChI is InChI=1S/C15H21NO5S/c1-4-9-22(20,21)13-8-6-5-7-12(13)14(17)16-11(3)10(2)15(18)19/h5-8,10-11H,4,9H2,1-3H3,(H,16,17)(H,18,19). The Morgan fingerprint density at radius 2 is 1.82 bits per heavy atom. The summed E-state index contributed by atoms with van der Waals surface area (Å²) in [6.45, 7) is 4.80. The van der Waals surface area contributed by atoms with Gasteiger partial charge < -0.3 is 10.4 Å². The molecule has 0 spiro atoms. The quantitative estimate of drug-likeness (QED) is 0.794. The lowest BCUT2D eigenvalue weighted by atomic mass is 10.0. The lowest BCUT2D eigenvalue weighted by Crippen LogP contribution is -2.40. The molecule has 7 heteroatoms. The van der Waals surface area contributed by atoms with E-state index in [1.54, 1.807) is 26.0 Å². The van der Waals surface area contributed by atoms with Crippen LogP contribution in [-0.4, -0.2) is 37.2 Å². The highest BCUT2D eigenvalue weighted by atomic mass is 32.2. The van der Waals surface area contributed by atoms with Crippen LogP contribution in [0.3, 0.4) is 0 Å². The summed E-state index contributed by atoms with van der Waals surface area (Å²) in [5.74, 6) is -2.43. The van der Waals surface area contributed by atoms with E-state index < -0.39 is 33.7 Å². The highest BCUT2D eigenvalue weighted by molar-refractivity contribution is 7.91. The molecule has 1 aromatic rings. The molecule has 0 aliphatic heterocycles. The summed E-state index contributed by atoms with van der Waals surface area (Å²) in [6, 6.07) is 5.33. The molecule has 2 N–H and O–H groups in total. The maximum atomic E-state index is 12.3. The number of hydrogen-bond donors (Lipinski definition) is 2. The van der Waals surface area contributed by atoms with Gasteiger partial charge in [-0.15, -0.1) is 0 Å². The highest BCUT2D eigenvalue weighted by Crippen LogP contribution is 2.18. The van der Waals surface area contributed by atoms with Crippen LogP contribution < -0.4 is 5.32 Å². The van der Waals surface area contributed by atoms with E-state index in [0.29, 0.717) is 6.42 Å². The lowest BCUT2D eigenvalue weighted by molar-refractivity contribution is -0.141. The highest BCUT2D eigenvalue weighted by Gasteiger charge is 2.25. The third-order valence-corrected chi connectivity index (χ3v) is 5.41. The fourth-order valence-corrected chi connectivity index (χ4v) is 3.47. The van der Waals surface area contributed by atoms with Crippen LogP contribution in [0.25, 0.3) is 0 Å². The van der Waals surface area contributed by atoms with Crippen molar-refractivity contribution in [2.24, 2.45) is 5.92 Å². The Bertz CT molecular complexity index is 654. The Kier molecular flexibility index (Phi) is 6.11. The minimum atomic E-state index is -3.54. The minimum Gasteiger partial charge on any atom is -0.481 e. The molecule has 1 amide bonds. The number of aliphatic carboxylic acids is 1. The molecule has 0 saturated carbocycles. The number of amides is 1. The molecule has 0 bridgehead atoms. The van der Waals surface area contributed by atoms with E-state index in [1.807, 2.05) is 0 Å². The molecule has 0 fully saturated rings. The first kappa shape index (κ1) is 18.2. The fourth-order valence-electron chi connectivity index (χ4n) is 1.93. The van der Waals surface area contributed by atoms with Gasteiger partial charge in [-0.3, -0.25) is 9.59 Å². The van der Waals surface area contributed by atoms with Gasteiger partial charge in [-0.2, -0.15) is 0 Å². The fraction of sp³-hybridized carbons (Fsp3) is 0.467. The minimum absolute atomic E-state index is 0.0236. The summed E-state index contributed by atoms with van der Waals surface area (Å²) in [7, 11) is -3.54. The van der Waals surface area contributed by atoms with Crippen molar-refractivity contribution in [1.29, 1.82) is 0 Å². The average Bonchev–Trinajstić information content (AvgIpc) is 2.46. The van der Waals surface area contributed by atoms with Crippen LogP contribution in [0.1, 0.15) is 37.6 Å². The zero-order valence-electron chi connectivity index (χ0n) is 12.9. The van der Waals surface area contributed by atoms with Crippen LogP contribution >= 0.6 is 0 Å². The Morgan fingerprint density at radius 3 is 2.36 bits per heavy atom. The second kappa shape index (κ2) is 7.40. The van der Waals surface area contributed by atoms with Crippen molar-refractivity contribution in [2.45, 2.75) is 38.1 Å². The van der Waals surface area contributed by atoms with Crippen molar-refractivity contribution < 1.29 is 23.1 Å². The number of benzene rings is 1. The monoisotopic (exact) mass is 327 g/mol. The van der Waals surface area contributed by atoms with Crippen molar-refractivity contribution in [3.8, 4) is 0 Å². The van der Waals surface area contributed by atoms with Gasteiger partial charge in [-0.25, -0.2) is 8.42 Å². The molecule has 22 heavy (non-hydrogen) atoms. The van der Waals surface area contributed by atoms with Crippen molar-refractivity contribution in [3.05, 3.63) is 29.8 Å². The summed E-state index contributed by atoms with van der Waals surface area (Å²) in [6.07, 6.45) is 0.449. The topological polar surface area (TPSA) is 101 Å². The SMILES string of the molecule is CCCS(=O)(=O)c1ccccc1C(=O)NC(C)C(C)C(=O)O. The first-order chi connectivity index (χ1) is 10.2. The van der Waals surface area contributed by atoms with Crippen LogP contribution in [0.5, 0.6) is 0 Å². The summed E-state index contributed by atoms with van der Waals surface area (Å²) in [5.41, 5.74) is 0.0420. The number of sulfone groups is 1.